The molecule has 2 atom stereocenters. The number of carbonyl (C=O) groups is 1. The predicted molar refractivity (Wildman–Crippen MR) is 90.1 cm³/mol. The number of hydrogen-bond acceptors (Lipinski definition) is 3. The third-order valence-electron chi connectivity index (χ3n) is 4.80. The Morgan fingerprint density at radius 3 is 2.83 bits per heavy atom. The number of nitrogens with zero attached hydrogens (tertiary/aromatic N) is 3. The Hall–Kier alpha value is -2.14. The molecule has 23 heavy (non-hydrogen) atoms. The monoisotopic (exact) mass is 312 g/mol. The lowest BCUT2D eigenvalue weighted by atomic mass is 10.1. The van der Waals surface area contributed by atoms with Crippen molar-refractivity contribution >= 4 is 5.91 Å². The first kappa shape index (κ1) is 15.7. The molecule has 2 heterocycles. The van der Waals surface area contributed by atoms with Crippen LogP contribution in [-0.4, -0.2) is 51.6 Å². The number of likely N-dealkylation sites (tertiary alicyclic amines) is 1. The van der Waals surface area contributed by atoms with Crippen LogP contribution < -0.4 is 0 Å². The molecule has 1 saturated heterocycles. The summed E-state index contributed by atoms with van der Waals surface area (Å²) in [6, 6.07) is 12.9. The van der Waals surface area contributed by atoms with E-state index in [0.717, 1.165) is 26.1 Å². The topological polar surface area (TPSA) is 52.2 Å². The number of carbonyl (C=O) groups excluding carboxylic acids is 1. The number of likely N-dealkylation sites (N-methyl/N-ethyl adjacent to an activating group) is 1. The normalized spacial score (nSPS) is 19.7. The molecule has 0 radical (unpaired) electrons. The van der Waals surface area contributed by atoms with E-state index in [1.807, 2.05) is 17.9 Å². The predicted octanol–water partition coefficient (Wildman–Crippen LogP) is 2.71. The van der Waals surface area contributed by atoms with E-state index in [0.29, 0.717) is 11.7 Å². The van der Waals surface area contributed by atoms with Crippen LogP contribution in [0.15, 0.2) is 42.6 Å². The zero-order valence-electron chi connectivity index (χ0n) is 13.8. The van der Waals surface area contributed by atoms with Crippen LogP contribution in [0.25, 0.3) is 0 Å². The molecule has 1 aromatic heterocycles. The maximum absolute atomic E-state index is 12.6. The number of aromatic nitrogens is 2. The zero-order valence-corrected chi connectivity index (χ0v) is 13.8. The molecule has 0 saturated carbocycles. The highest BCUT2D eigenvalue weighted by atomic mass is 16.2. The number of benzene rings is 1. The molecular formula is C18H24N4O. The third kappa shape index (κ3) is 3.29. The van der Waals surface area contributed by atoms with Crippen molar-refractivity contribution in [3.63, 3.8) is 0 Å². The van der Waals surface area contributed by atoms with Crippen LogP contribution in [0, 0.1) is 0 Å². The van der Waals surface area contributed by atoms with E-state index in [4.69, 9.17) is 0 Å². The highest BCUT2D eigenvalue weighted by Crippen LogP contribution is 2.27. The summed E-state index contributed by atoms with van der Waals surface area (Å²) in [5.74, 6) is 0.0456. The second kappa shape index (κ2) is 6.96. The molecule has 1 aliphatic heterocycles. The first-order chi connectivity index (χ1) is 11.2. The average Bonchev–Trinajstić information content (AvgIpc) is 3.27. The van der Waals surface area contributed by atoms with Gasteiger partial charge in [0, 0.05) is 37.9 Å². The molecular weight excluding hydrogens is 288 g/mol. The zero-order chi connectivity index (χ0) is 16.2. The molecule has 0 unspecified atom stereocenters. The summed E-state index contributed by atoms with van der Waals surface area (Å²) in [7, 11) is 0. The van der Waals surface area contributed by atoms with Gasteiger partial charge in [0.25, 0.3) is 5.91 Å². The van der Waals surface area contributed by atoms with Crippen LogP contribution in [0.3, 0.4) is 0 Å². The lowest BCUT2D eigenvalue weighted by molar-refractivity contribution is 0.0683. The molecule has 5 heteroatoms. The van der Waals surface area contributed by atoms with E-state index >= 15 is 0 Å². The lowest BCUT2D eigenvalue weighted by Gasteiger charge is -2.29. The number of amides is 1. The van der Waals surface area contributed by atoms with E-state index in [2.05, 4.69) is 46.3 Å². The molecule has 0 aliphatic carbocycles. The van der Waals surface area contributed by atoms with Gasteiger partial charge in [0.15, 0.2) is 0 Å². The van der Waals surface area contributed by atoms with Gasteiger partial charge in [-0.05, 0) is 31.9 Å². The van der Waals surface area contributed by atoms with Crippen LogP contribution in [0.5, 0.6) is 0 Å². The van der Waals surface area contributed by atoms with Gasteiger partial charge in [0.05, 0.1) is 0 Å². The van der Waals surface area contributed by atoms with Crippen molar-refractivity contribution in [2.75, 3.05) is 19.6 Å². The van der Waals surface area contributed by atoms with E-state index in [9.17, 15) is 4.79 Å². The van der Waals surface area contributed by atoms with Crippen molar-refractivity contribution in [3.8, 4) is 0 Å². The van der Waals surface area contributed by atoms with E-state index in [-0.39, 0.29) is 11.9 Å². The van der Waals surface area contributed by atoms with Gasteiger partial charge in [-0.15, -0.1) is 0 Å². The van der Waals surface area contributed by atoms with E-state index < -0.39 is 0 Å². The Balaban J connectivity index is 1.67. The molecule has 1 aromatic carbocycles. The summed E-state index contributed by atoms with van der Waals surface area (Å²) in [6.07, 6.45) is 2.64. The largest absolute Gasteiger partial charge is 0.333 e. The summed E-state index contributed by atoms with van der Waals surface area (Å²) >= 11 is 0. The highest BCUT2D eigenvalue weighted by Gasteiger charge is 2.32. The number of hydrogen-bond donors (Lipinski definition) is 1. The maximum atomic E-state index is 12.6. The van der Waals surface area contributed by atoms with Crippen molar-refractivity contribution in [1.82, 2.24) is 20.0 Å². The second-order valence-corrected chi connectivity index (χ2v) is 6.09. The quantitative estimate of drug-likeness (QED) is 0.923. The van der Waals surface area contributed by atoms with Crippen LogP contribution in [-0.2, 0) is 0 Å². The van der Waals surface area contributed by atoms with Crippen molar-refractivity contribution in [1.29, 1.82) is 0 Å². The summed E-state index contributed by atoms with van der Waals surface area (Å²) in [5, 5.41) is 6.67. The molecule has 3 rings (SSSR count). The number of H-pyrrole nitrogens is 1. The maximum Gasteiger partial charge on any atom is 0.272 e. The van der Waals surface area contributed by atoms with Gasteiger partial charge in [0.1, 0.15) is 5.69 Å². The Bertz CT molecular complexity index is 626. The Morgan fingerprint density at radius 2 is 2.17 bits per heavy atom. The van der Waals surface area contributed by atoms with Crippen molar-refractivity contribution in [3.05, 3.63) is 53.9 Å². The fourth-order valence-corrected chi connectivity index (χ4v) is 3.41. The van der Waals surface area contributed by atoms with Crippen molar-refractivity contribution in [2.24, 2.45) is 0 Å². The lowest BCUT2D eigenvalue weighted by Crippen LogP contribution is -2.42. The number of nitrogens with one attached hydrogen (secondary N) is 1. The first-order valence-corrected chi connectivity index (χ1v) is 8.30. The molecule has 0 spiro atoms. The molecule has 1 amide bonds. The summed E-state index contributed by atoms with van der Waals surface area (Å²) in [5.41, 5.74) is 1.90. The second-order valence-electron chi connectivity index (χ2n) is 6.09. The van der Waals surface area contributed by atoms with Crippen LogP contribution in [0.1, 0.15) is 42.4 Å². The fourth-order valence-electron chi connectivity index (χ4n) is 3.41. The van der Waals surface area contributed by atoms with Gasteiger partial charge in [-0.25, -0.2) is 0 Å². The molecule has 0 bridgehead atoms. The Labute approximate surface area is 137 Å². The molecule has 5 nitrogen and oxygen atoms in total. The average molecular weight is 312 g/mol. The minimum atomic E-state index is 0.0456. The Morgan fingerprint density at radius 1 is 1.39 bits per heavy atom. The molecule has 122 valence electrons. The number of rotatable bonds is 5. The summed E-state index contributed by atoms with van der Waals surface area (Å²) in [4.78, 5) is 17.0. The standard InChI is InChI=1S/C18H24N4O/c1-3-22(18(23)17-9-11-19-20-17)16-10-12-21(13-16)14(2)15-7-5-4-6-8-15/h4-9,11,14,16H,3,10,12-13H2,1-2H3,(H,19,20)/t14-,16+/m0/s1. The molecule has 2 aromatic rings. The van der Waals surface area contributed by atoms with Crippen LogP contribution in [0.2, 0.25) is 0 Å². The van der Waals surface area contributed by atoms with Crippen LogP contribution in [0.4, 0.5) is 0 Å². The van der Waals surface area contributed by atoms with Crippen molar-refractivity contribution in [2.45, 2.75) is 32.4 Å². The van der Waals surface area contributed by atoms with Crippen LogP contribution >= 0.6 is 0 Å². The van der Waals surface area contributed by atoms with Gasteiger partial charge in [-0.3, -0.25) is 14.8 Å². The minimum absolute atomic E-state index is 0.0456. The molecule has 1 N–H and O–H groups in total. The third-order valence-corrected chi connectivity index (χ3v) is 4.80. The smallest absolute Gasteiger partial charge is 0.272 e. The summed E-state index contributed by atoms with van der Waals surface area (Å²) in [6.45, 7) is 6.94. The van der Waals surface area contributed by atoms with E-state index in [1.54, 1.807) is 12.3 Å². The Kier molecular flexibility index (Phi) is 4.76. The number of aromatic amines is 1. The van der Waals surface area contributed by atoms with Gasteiger partial charge in [-0.1, -0.05) is 30.3 Å². The minimum Gasteiger partial charge on any atom is -0.333 e. The molecule has 1 aliphatic rings. The fraction of sp³-hybridized carbons (Fsp3) is 0.444. The van der Waals surface area contributed by atoms with Gasteiger partial charge < -0.3 is 4.90 Å². The van der Waals surface area contributed by atoms with Gasteiger partial charge in [0.2, 0.25) is 0 Å². The van der Waals surface area contributed by atoms with Crippen molar-refractivity contribution < 1.29 is 4.79 Å². The van der Waals surface area contributed by atoms with Gasteiger partial charge in [-0.2, -0.15) is 5.10 Å². The van der Waals surface area contributed by atoms with E-state index in [1.165, 1.54) is 5.56 Å². The molecule has 1 fully saturated rings. The first-order valence-electron chi connectivity index (χ1n) is 8.30. The summed E-state index contributed by atoms with van der Waals surface area (Å²) < 4.78 is 0. The highest BCUT2D eigenvalue weighted by molar-refractivity contribution is 5.92. The van der Waals surface area contributed by atoms with Gasteiger partial charge >= 0.3 is 0 Å². The SMILES string of the molecule is CCN(C(=O)c1ccn[nH]1)[C@@H]1CCN([C@@H](C)c2ccccc2)C1.